The molecule has 0 atom stereocenters. The van der Waals surface area contributed by atoms with Crippen LogP contribution in [0, 0.1) is 5.41 Å². The summed E-state index contributed by atoms with van der Waals surface area (Å²) in [6.45, 7) is -0.00849. The highest BCUT2D eigenvalue weighted by atomic mass is 19.4. The largest absolute Gasteiger partial charge is 0.493 e. The third-order valence-electron chi connectivity index (χ3n) is 4.51. The summed E-state index contributed by atoms with van der Waals surface area (Å²) in [5.41, 5.74) is 2.11. The number of hydrogen-bond acceptors (Lipinski definition) is 7. The zero-order chi connectivity index (χ0) is 25.3. The summed E-state index contributed by atoms with van der Waals surface area (Å²) in [5, 5.41) is 20.5. The molecule has 0 aliphatic heterocycles. The first-order valence-corrected chi connectivity index (χ1v) is 10.4. The molecule has 184 valence electrons. The summed E-state index contributed by atoms with van der Waals surface area (Å²) < 4.78 is 55.8. The fourth-order valence-electron chi connectivity index (χ4n) is 2.82. The van der Waals surface area contributed by atoms with Crippen LogP contribution in [0.1, 0.15) is 12.0 Å². The Hall–Kier alpha value is -4.28. The van der Waals surface area contributed by atoms with Gasteiger partial charge in [0, 0.05) is 6.42 Å². The number of hydrazone groups is 1. The minimum absolute atomic E-state index is 0.0148. The van der Waals surface area contributed by atoms with Crippen LogP contribution in [0.3, 0.4) is 0 Å². The molecular formula is C24H22F3N3O5. The summed E-state index contributed by atoms with van der Waals surface area (Å²) in [7, 11) is 0. The molecule has 0 radical (unpaired) electrons. The Bertz CT molecular complexity index is 1140. The van der Waals surface area contributed by atoms with Crippen LogP contribution in [-0.2, 0) is 11.0 Å². The zero-order valence-electron chi connectivity index (χ0n) is 18.3. The number of carboxylic acids is 1. The number of benzene rings is 2. The summed E-state index contributed by atoms with van der Waals surface area (Å²) in [4.78, 5) is 10.5. The number of nitrogens with one attached hydrogen (secondary N) is 2. The van der Waals surface area contributed by atoms with Gasteiger partial charge >= 0.3 is 12.1 Å². The van der Waals surface area contributed by atoms with Crippen LogP contribution >= 0.6 is 0 Å². The van der Waals surface area contributed by atoms with Gasteiger partial charge in [-0.1, -0.05) is 12.2 Å². The smallest absolute Gasteiger partial charge is 0.416 e. The number of allylic oxidation sites excluding steroid dienone is 4. The normalized spacial score (nSPS) is 14.1. The SMILES string of the molecule is N=C1C=CC=C/C1=N/Nc1cc(C(F)(F)F)ccc1OCCCOc1ccc(OCC(=O)O)cc1. The van der Waals surface area contributed by atoms with Crippen molar-refractivity contribution in [3.8, 4) is 17.2 Å². The van der Waals surface area contributed by atoms with Crippen molar-refractivity contribution < 1.29 is 37.3 Å². The van der Waals surface area contributed by atoms with E-state index in [0.717, 1.165) is 12.1 Å². The van der Waals surface area contributed by atoms with E-state index in [9.17, 15) is 18.0 Å². The lowest BCUT2D eigenvalue weighted by Gasteiger charge is -2.15. The van der Waals surface area contributed by atoms with E-state index < -0.39 is 24.3 Å². The number of carboxylic acid groups (broad SMARTS) is 1. The van der Waals surface area contributed by atoms with Crippen LogP contribution in [0.15, 0.2) is 71.9 Å². The van der Waals surface area contributed by atoms with Crippen LogP contribution < -0.4 is 19.6 Å². The van der Waals surface area contributed by atoms with Gasteiger partial charge in [-0.05, 0) is 54.6 Å². The van der Waals surface area contributed by atoms with Crippen molar-refractivity contribution in [1.82, 2.24) is 0 Å². The lowest BCUT2D eigenvalue weighted by molar-refractivity contribution is -0.139. The van der Waals surface area contributed by atoms with Crippen molar-refractivity contribution >= 4 is 23.1 Å². The number of halogens is 3. The minimum Gasteiger partial charge on any atom is -0.493 e. The van der Waals surface area contributed by atoms with Crippen molar-refractivity contribution in [2.75, 3.05) is 25.2 Å². The number of nitrogens with zero attached hydrogens (tertiary/aromatic N) is 1. The number of hydrogen-bond donors (Lipinski definition) is 3. The Labute approximate surface area is 198 Å². The standard InChI is InChI=1S/C24H22F3N3O5/c25-24(26,27)16-6-11-22(21(14-16)30-29-20-5-2-1-4-19(20)28)34-13-3-12-33-17-7-9-18(10-8-17)35-15-23(31)32/h1-2,4-11,14,28,30H,3,12-13,15H2,(H,31,32)/b28-19?,29-20-. The molecule has 2 aromatic rings. The average Bonchev–Trinajstić information content (AvgIpc) is 2.82. The second-order valence-electron chi connectivity index (χ2n) is 7.15. The Morgan fingerprint density at radius 2 is 1.63 bits per heavy atom. The van der Waals surface area contributed by atoms with E-state index in [0.29, 0.717) is 17.9 Å². The molecule has 1 aliphatic rings. The molecule has 11 heteroatoms. The van der Waals surface area contributed by atoms with E-state index in [1.165, 1.54) is 12.1 Å². The maximum Gasteiger partial charge on any atom is 0.416 e. The molecular weight excluding hydrogens is 467 g/mol. The van der Waals surface area contributed by atoms with Crippen molar-refractivity contribution in [2.45, 2.75) is 12.6 Å². The van der Waals surface area contributed by atoms with Gasteiger partial charge in [-0.3, -0.25) is 10.8 Å². The van der Waals surface area contributed by atoms with E-state index in [2.05, 4.69) is 10.5 Å². The predicted octanol–water partition coefficient (Wildman–Crippen LogP) is 4.93. The van der Waals surface area contributed by atoms with Gasteiger partial charge in [0.2, 0.25) is 0 Å². The van der Waals surface area contributed by atoms with Crippen LogP contribution in [0.2, 0.25) is 0 Å². The highest BCUT2D eigenvalue weighted by molar-refractivity contribution is 6.50. The minimum atomic E-state index is -4.54. The van der Waals surface area contributed by atoms with Gasteiger partial charge in [-0.25, -0.2) is 4.79 Å². The average molecular weight is 489 g/mol. The Morgan fingerprint density at radius 3 is 2.29 bits per heavy atom. The molecule has 0 heterocycles. The molecule has 0 amide bonds. The molecule has 2 aromatic carbocycles. The topological polar surface area (TPSA) is 113 Å². The highest BCUT2D eigenvalue weighted by Crippen LogP contribution is 2.35. The highest BCUT2D eigenvalue weighted by Gasteiger charge is 2.31. The molecule has 0 bridgehead atoms. The third-order valence-corrected chi connectivity index (χ3v) is 4.51. The van der Waals surface area contributed by atoms with Crippen molar-refractivity contribution in [2.24, 2.45) is 5.10 Å². The number of carbonyl (C=O) groups is 1. The van der Waals surface area contributed by atoms with E-state index in [-0.39, 0.29) is 36.1 Å². The van der Waals surface area contributed by atoms with Crippen molar-refractivity contribution in [1.29, 1.82) is 5.41 Å². The fraction of sp³-hybridized carbons (Fsp3) is 0.208. The maximum atomic E-state index is 13.2. The van der Waals surface area contributed by atoms with Crippen molar-refractivity contribution in [3.05, 3.63) is 72.3 Å². The second-order valence-corrected chi connectivity index (χ2v) is 7.15. The molecule has 0 unspecified atom stereocenters. The quantitative estimate of drug-likeness (QED) is 0.234. The van der Waals surface area contributed by atoms with E-state index in [4.69, 9.17) is 24.7 Å². The molecule has 8 nitrogen and oxygen atoms in total. The van der Waals surface area contributed by atoms with Gasteiger partial charge in [0.15, 0.2) is 6.61 Å². The van der Waals surface area contributed by atoms with Crippen molar-refractivity contribution in [3.63, 3.8) is 0 Å². The van der Waals surface area contributed by atoms with Gasteiger partial charge in [-0.2, -0.15) is 18.3 Å². The summed E-state index contributed by atoms with van der Waals surface area (Å²) in [5.74, 6) is 0.0250. The molecule has 3 rings (SSSR count). The Balaban J connectivity index is 1.55. The van der Waals surface area contributed by atoms with Crippen LogP contribution in [0.5, 0.6) is 17.2 Å². The zero-order valence-corrected chi connectivity index (χ0v) is 18.3. The van der Waals surface area contributed by atoms with Gasteiger partial charge < -0.3 is 19.3 Å². The van der Waals surface area contributed by atoms with E-state index in [1.807, 2.05) is 0 Å². The molecule has 3 N–H and O–H groups in total. The van der Waals surface area contributed by atoms with Crippen LogP contribution in [0.25, 0.3) is 0 Å². The van der Waals surface area contributed by atoms with E-state index in [1.54, 1.807) is 42.5 Å². The first-order valence-electron chi connectivity index (χ1n) is 10.4. The molecule has 0 aromatic heterocycles. The molecule has 0 fully saturated rings. The monoisotopic (exact) mass is 489 g/mol. The van der Waals surface area contributed by atoms with E-state index >= 15 is 0 Å². The van der Waals surface area contributed by atoms with Crippen LogP contribution in [0.4, 0.5) is 18.9 Å². The Morgan fingerprint density at radius 1 is 0.971 bits per heavy atom. The first kappa shape index (κ1) is 25.3. The lowest BCUT2D eigenvalue weighted by atomic mass is 10.1. The number of alkyl halides is 3. The number of anilines is 1. The predicted molar refractivity (Wildman–Crippen MR) is 124 cm³/mol. The molecule has 0 saturated carbocycles. The summed E-state index contributed by atoms with van der Waals surface area (Å²) in [6.07, 6.45) is 2.30. The number of rotatable bonds is 11. The fourth-order valence-corrected chi connectivity index (χ4v) is 2.82. The molecule has 35 heavy (non-hydrogen) atoms. The number of aliphatic carboxylic acids is 1. The number of ether oxygens (including phenoxy) is 3. The third kappa shape index (κ3) is 7.91. The Kier molecular flexibility index (Phi) is 8.49. The van der Waals surface area contributed by atoms with Gasteiger partial charge in [-0.15, -0.1) is 0 Å². The second kappa shape index (κ2) is 11.7. The molecule has 1 aliphatic carbocycles. The van der Waals surface area contributed by atoms with Crippen LogP contribution in [-0.4, -0.2) is 42.3 Å². The van der Waals surface area contributed by atoms with Gasteiger partial charge in [0.05, 0.1) is 30.2 Å². The molecule has 0 saturated heterocycles. The summed E-state index contributed by atoms with van der Waals surface area (Å²) in [6, 6.07) is 9.44. The van der Waals surface area contributed by atoms with Gasteiger partial charge in [0.1, 0.15) is 23.0 Å². The molecule has 0 spiro atoms. The first-order chi connectivity index (χ1) is 16.7. The lowest BCUT2D eigenvalue weighted by Crippen LogP contribution is -2.13. The summed E-state index contributed by atoms with van der Waals surface area (Å²) >= 11 is 0. The maximum absolute atomic E-state index is 13.2. The van der Waals surface area contributed by atoms with Gasteiger partial charge in [0.25, 0.3) is 0 Å².